The Kier molecular flexibility index (Phi) is 5.71. The van der Waals surface area contributed by atoms with E-state index in [1.165, 1.54) is 30.3 Å². The van der Waals surface area contributed by atoms with Crippen LogP contribution in [0.2, 0.25) is 0 Å². The molecule has 2 aromatic carbocycles. The SMILES string of the molecule is CC[C@H](Oc1ccc(F)cc1)C(=O)N1CCN(c2ccccc2F)CC1. The maximum atomic E-state index is 13.9. The van der Waals surface area contributed by atoms with Gasteiger partial charge in [0.1, 0.15) is 17.4 Å². The summed E-state index contributed by atoms with van der Waals surface area (Å²) in [6.07, 6.45) is -0.0931. The van der Waals surface area contributed by atoms with Crippen molar-refractivity contribution in [2.24, 2.45) is 0 Å². The van der Waals surface area contributed by atoms with Crippen LogP contribution in [-0.2, 0) is 4.79 Å². The van der Waals surface area contributed by atoms with Gasteiger partial charge >= 0.3 is 0 Å². The molecule has 1 aliphatic rings. The van der Waals surface area contributed by atoms with Gasteiger partial charge in [0, 0.05) is 26.2 Å². The fourth-order valence-corrected chi connectivity index (χ4v) is 3.07. The first-order valence-corrected chi connectivity index (χ1v) is 8.79. The number of carbonyl (C=O) groups is 1. The summed E-state index contributed by atoms with van der Waals surface area (Å²) in [5.41, 5.74) is 0.564. The maximum absolute atomic E-state index is 13.9. The summed E-state index contributed by atoms with van der Waals surface area (Å²) < 4.78 is 32.6. The minimum Gasteiger partial charge on any atom is -0.481 e. The molecule has 1 aliphatic heterocycles. The number of ether oxygens (including phenoxy) is 1. The van der Waals surface area contributed by atoms with Crippen molar-refractivity contribution >= 4 is 11.6 Å². The van der Waals surface area contributed by atoms with Gasteiger partial charge in [0.2, 0.25) is 0 Å². The topological polar surface area (TPSA) is 32.8 Å². The number of hydrogen-bond acceptors (Lipinski definition) is 3. The lowest BCUT2D eigenvalue weighted by Gasteiger charge is -2.37. The smallest absolute Gasteiger partial charge is 0.263 e. The number of piperazine rings is 1. The van der Waals surface area contributed by atoms with Crippen LogP contribution in [0.1, 0.15) is 13.3 Å². The summed E-state index contributed by atoms with van der Waals surface area (Å²) in [5, 5.41) is 0. The third-order valence-electron chi connectivity index (χ3n) is 4.52. The molecule has 4 nitrogen and oxygen atoms in total. The molecule has 0 bridgehead atoms. The van der Waals surface area contributed by atoms with E-state index in [2.05, 4.69) is 0 Å². The highest BCUT2D eigenvalue weighted by Crippen LogP contribution is 2.21. The van der Waals surface area contributed by atoms with Crippen molar-refractivity contribution in [1.29, 1.82) is 0 Å². The number of nitrogens with zero attached hydrogens (tertiary/aromatic N) is 2. The van der Waals surface area contributed by atoms with Crippen LogP contribution in [0.25, 0.3) is 0 Å². The number of carbonyl (C=O) groups excluding carboxylic acids is 1. The Hall–Kier alpha value is -2.63. The monoisotopic (exact) mass is 360 g/mol. The zero-order valence-electron chi connectivity index (χ0n) is 14.7. The summed E-state index contributed by atoms with van der Waals surface area (Å²) >= 11 is 0. The van der Waals surface area contributed by atoms with E-state index >= 15 is 0 Å². The van der Waals surface area contributed by atoms with E-state index in [0.717, 1.165) is 0 Å². The summed E-state index contributed by atoms with van der Waals surface area (Å²) in [6.45, 7) is 4.04. The largest absolute Gasteiger partial charge is 0.481 e. The summed E-state index contributed by atoms with van der Waals surface area (Å²) in [7, 11) is 0. The average molecular weight is 360 g/mol. The molecule has 0 unspecified atom stereocenters. The standard InChI is InChI=1S/C20H22F2N2O2/c1-2-19(26-16-9-7-15(21)8-10-16)20(25)24-13-11-23(12-14-24)18-6-4-3-5-17(18)22/h3-10,19H,2,11-14H2,1H3/t19-/m0/s1. The molecule has 1 heterocycles. The third kappa shape index (κ3) is 4.12. The highest BCUT2D eigenvalue weighted by molar-refractivity contribution is 5.81. The number of benzene rings is 2. The van der Waals surface area contributed by atoms with Gasteiger partial charge in [0.05, 0.1) is 5.69 Å². The fraction of sp³-hybridized carbons (Fsp3) is 0.350. The second-order valence-electron chi connectivity index (χ2n) is 6.23. The Balaban J connectivity index is 1.59. The Bertz CT molecular complexity index is 744. The van der Waals surface area contributed by atoms with E-state index in [4.69, 9.17) is 4.74 Å². The van der Waals surface area contributed by atoms with Gasteiger partial charge < -0.3 is 14.5 Å². The number of halogens is 2. The van der Waals surface area contributed by atoms with E-state index in [9.17, 15) is 13.6 Å². The molecule has 0 N–H and O–H groups in total. The first-order valence-electron chi connectivity index (χ1n) is 8.79. The molecule has 26 heavy (non-hydrogen) atoms. The van der Waals surface area contributed by atoms with Gasteiger partial charge in [-0.3, -0.25) is 4.79 Å². The highest BCUT2D eigenvalue weighted by Gasteiger charge is 2.28. The molecular weight excluding hydrogens is 338 g/mol. The van der Waals surface area contributed by atoms with Crippen LogP contribution in [0.4, 0.5) is 14.5 Å². The molecule has 1 atom stereocenters. The van der Waals surface area contributed by atoms with Crippen molar-refractivity contribution in [2.75, 3.05) is 31.1 Å². The Morgan fingerprint density at radius 1 is 1.04 bits per heavy atom. The zero-order valence-corrected chi connectivity index (χ0v) is 14.7. The lowest BCUT2D eigenvalue weighted by molar-refractivity contribution is -0.139. The third-order valence-corrected chi connectivity index (χ3v) is 4.52. The van der Waals surface area contributed by atoms with Crippen molar-refractivity contribution in [1.82, 2.24) is 4.90 Å². The van der Waals surface area contributed by atoms with Crippen molar-refractivity contribution in [3.63, 3.8) is 0 Å². The maximum Gasteiger partial charge on any atom is 0.263 e. The molecule has 1 amide bonds. The lowest BCUT2D eigenvalue weighted by Crippen LogP contribution is -2.52. The van der Waals surface area contributed by atoms with Crippen LogP contribution in [0.5, 0.6) is 5.75 Å². The number of anilines is 1. The Labute approximate surface area is 152 Å². The molecule has 1 saturated heterocycles. The zero-order chi connectivity index (χ0) is 18.5. The Morgan fingerprint density at radius 3 is 2.31 bits per heavy atom. The lowest BCUT2D eigenvalue weighted by atomic mass is 10.2. The molecule has 3 rings (SSSR count). The molecule has 2 aromatic rings. The average Bonchev–Trinajstić information content (AvgIpc) is 2.67. The first-order chi connectivity index (χ1) is 12.6. The van der Waals surface area contributed by atoms with Crippen molar-refractivity contribution in [3.8, 4) is 5.75 Å². The van der Waals surface area contributed by atoms with Crippen LogP contribution in [0.15, 0.2) is 48.5 Å². The number of para-hydroxylation sites is 1. The van der Waals surface area contributed by atoms with Crippen LogP contribution >= 0.6 is 0 Å². The molecule has 0 aliphatic carbocycles. The first kappa shape index (κ1) is 18.2. The number of rotatable bonds is 5. The van der Waals surface area contributed by atoms with E-state index in [1.54, 1.807) is 23.1 Å². The molecule has 0 saturated carbocycles. The molecule has 1 fully saturated rings. The molecule has 138 valence electrons. The fourth-order valence-electron chi connectivity index (χ4n) is 3.07. The molecular formula is C20H22F2N2O2. The van der Waals surface area contributed by atoms with Crippen LogP contribution in [0.3, 0.4) is 0 Å². The number of hydrogen-bond donors (Lipinski definition) is 0. The predicted octanol–water partition coefficient (Wildman–Crippen LogP) is 3.47. The predicted molar refractivity (Wildman–Crippen MR) is 96.3 cm³/mol. The van der Waals surface area contributed by atoms with Crippen LogP contribution < -0.4 is 9.64 Å². The van der Waals surface area contributed by atoms with Gasteiger partial charge in [0.25, 0.3) is 5.91 Å². The second kappa shape index (κ2) is 8.17. The van der Waals surface area contributed by atoms with Crippen molar-refractivity contribution in [2.45, 2.75) is 19.4 Å². The second-order valence-corrected chi connectivity index (χ2v) is 6.23. The molecule has 0 radical (unpaired) electrons. The summed E-state index contributed by atoms with van der Waals surface area (Å²) in [6, 6.07) is 12.3. The summed E-state index contributed by atoms with van der Waals surface area (Å²) in [5.74, 6) is -0.221. The van der Waals surface area contributed by atoms with Crippen molar-refractivity contribution in [3.05, 3.63) is 60.2 Å². The molecule has 0 spiro atoms. The van der Waals surface area contributed by atoms with E-state index in [0.29, 0.717) is 44.0 Å². The van der Waals surface area contributed by atoms with Crippen LogP contribution in [0, 0.1) is 11.6 Å². The van der Waals surface area contributed by atoms with Crippen molar-refractivity contribution < 1.29 is 18.3 Å². The van der Waals surface area contributed by atoms with Gasteiger partial charge in [0.15, 0.2) is 6.10 Å². The Morgan fingerprint density at radius 2 is 1.69 bits per heavy atom. The van der Waals surface area contributed by atoms with Gasteiger partial charge in [-0.25, -0.2) is 8.78 Å². The normalized spacial score (nSPS) is 15.7. The highest BCUT2D eigenvalue weighted by atomic mass is 19.1. The van der Waals surface area contributed by atoms with E-state index < -0.39 is 6.10 Å². The van der Waals surface area contributed by atoms with Gasteiger partial charge in [-0.2, -0.15) is 0 Å². The van der Waals surface area contributed by atoms with Gasteiger partial charge in [-0.05, 0) is 42.8 Å². The minimum atomic E-state index is -0.611. The van der Waals surface area contributed by atoms with Gasteiger partial charge in [-0.1, -0.05) is 19.1 Å². The van der Waals surface area contributed by atoms with Gasteiger partial charge in [-0.15, -0.1) is 0 Å². The van der Waals surface area contributed by atoms with E-state index in [-0.39, 0.29) is 17.5 Å². The number of amides is 1. The van der Waals surface area contributed by atoms with Crippen LogP contribution in [-0.4, -0.2) is 43.1 Å². The molecule has 0 aromatic heterocycles. The van der Waals surface area contributed by atoms with E-state index in [1.807, 2.05) is 11.8 Å². The molecule has 6 heteroatoms. The summed E-state index contributed by atoms with van der Waals surface area (Å²) in [4.78, 5) is 16.4. The quantitative estimate of drug-likeness (QED) is 0.819. The minimum absolute atomic E-state index is 0.0926.